The largest absolute Gasteiger partial charge is 0.573 e. The Labute approximate surface area is 209 Å². The maximum Gasteiger partial charge on any atom is 0.573 e. The number of alkyl halides is 3. The zero-order chi connectivity index (χ0) is 26.0. The van der Waals surface area contributed by atoms with Gasteiger partial charge in [-0.25, -0.2) is 0 Å². The number of nitrogens with zero attached hydrogens (tertiary/aromatic N) is 4. The van der Waals surface area contributed by atoms with Gasteiger partial charge in [-0.15, -0.1) is 13.2 Å². The number of imidazole rings is 1. The van der Waals surface area contributed by atoms with Gasteiger partial charge in [0.1, 0.15) is 36.2 Å². The molecule has 5 rings (SSSR count). The van der Waals surface area contributed by atoms with E-state index in [9.17, 15) is 23.3 Å². The fourth-order valence-electron chi connectivity index (χ4n) is 4.28. The average molecular weight is 520 g/mol. The van der Waals surface area contributed by atoms with Crippen LogP contribution in [0.15, 0.2) is 54.7 Å². The minimum absolute atomic E-state index is 0.0317. The second kappa shape index (κ2) is 10.1. The van der Waals surface area contributed by atoms with Crippen molar-refractivity contribution in [2.24, 2.45) is 0 Å². The Balaban J connectivity index is 1.05. The van der Waals surface area contributed by atoms with E-state index in [1.165, 1.54) is 30.5 Å². The molecule has 37 heavy (non-hydrogen) atoms. The van der Waals surface area contributed by atoms with E-state index < -0.39 is 11.3 Å². The number of aromatic nitrogens is 2. The number of fused-ring (bicyclic) bond motifs is 1. The lowest BCUT2D eigenvalue weighted by Gasteiger charge is -2.33. The summed E-state index contributed by atoms with van der Waals surface area (Å²) in [5.41, 5.74) is 1.05. The number of nitro groups is 1. The molecule has 3 aromatic rings. The van der Waals surface area contributed by atoms with Crippen molar-refractivity contribution in [3.8, 4) is 23.3 Å². The van der Waals surface area contributed by atoms with E-state index in [0.29, 0.717) is 18.0 Å². The maximum absolute atomic E-state index is 12.3. The first-order chi connectivity index (χ1) is 17.7. The lowest BCUT2D eigenvalue weighted by molar-refractivity contribution is -0.389. The normalized spacial score (nSPS) is 17.7. The summed E-state index contributed by atoms with van der Waals surface area (Å²) in [6, 6.07) is 13.3. The third-order valence-electron chi connectivity index (χ3n) is 6.03. The number of ether oxygens (including phenoxy) is 4. The number of rotatable bonds is 8. The molecule has 0 radical (unpaired) electrons. The van der Waals surface area contributed by atoms with Crippen molar-refractivity contribution in [2.75, 3.05) is 24.6 Å². The molecule has 0 amide bonds. The van der Waals surface area contributed by atoms with Gasteiger partial charge in [0.25, 0.3) is 0 Å². The lowest BCUT2D eigenvalue weighted by atomic mass is 10.1. The molecule has 3 heterocycles. The van der Waals surface area contributed by atoms with E-state index >= 15 is 0 Å². The summed E-state index contributed by atoms with van der Waals surface area (Å²) in [6.45, 7) is 2.25. The van der Waals surface area contributed by atoms with Crippen LogP contribution in [0.3, 0.4) is 0 Å². The van der Waals surface area contributed by atoms with Crippen LogP contribution in [0, 0.1) is 10.1 Å². The van der Waals surface area contributed by atoms with Crippen LogP contribution in [0.2, 0.25) is 0 Å². The Morgan fingerprint density at radius 3 is 2.30 bits per heavy atom. The van der Waals surface area contributed by atoms with Gasteiger partial charge in [-0.2, -0.15) is 0 Å². The highest BCUT2D eigenvalue weighted by Crippen LogP contribution is 2.29. The zero-order valence-corrected chi connectivity index (χ0v) is 19.5. The number of hydrogen-bond donors (Lipinski definition) is 0. The molecule has 1 aromatic heterocycles. The van der Waals surface area contributed by atoms with Crippen molar-refractivity contribution in [3.05, 3.63) is 64.8 Å². The first kappa shape index (κ1) is 24.5. The van der Waals surface area contributed by atoms with Gasteiger partial charge in [0.2, 0.25) is 0 Å². The molecule has 0 unspecified atom stereocenters. The second-order valence-corrected chi connectivity index (χ2v) is 8.66. The first-order valence-electron chi connectivity index (χ1n) is 11.6. The van der Waals surface area contributed by atoms with Crippen LogP contribution in [-0.2, 0) is 6.54 Å². The number of piperidine rings is 1. The SMILES string of the molecule is O=[N+]([O-])c1cn2c(n1)O[C@H](COc1ccc(N3CCC(Oc4ccc(OC(F)(F)F)cc4)CC3)cc1)C2. The van der Waals surface area contributed by atoms with Crippen LogP contribution in [-0.4, -0.2) is 52.7 Å². The first-order valence-corrected chi connectivity index (χ1v) is 11.6. The molecule has 0 bridgehead atoms. The van der Waals surface area contributed by atoms with Crippen molar-refractivity contribution < 1.29 is 37.0 Å². The third-order valence-corrected chi connectivity index (χ3v) is 6.03. The molecule has 13 heteroatoms. The Bertz CT molecular complexity index is 1200. The number of benzene rings is 2. The van der Waals surface area contributed by atoms with E-state index in [-0.39, 0.29) is 36.4 Å². The summed E-state index contributed by atoms with van der Waals surface area (Å²) in [6.07, 6.45) is -2.15. The van der Waals surface area contributed by atoms with Gasteiger partial charge in [0, 0.05) is 36.6 Å². The van der Waals surface area contributed by atoms with Crippen molar-refractivity contribution in [1.82, 2.24) is 9.55 Å². The predicted octanol–water partition coefficient (Wildman–Crippen LogP) is 4.58. The van der Waals surface area contributed by atoms with Gasteiger partial charge in [-0.3, -0.25) is 4.57 Å². The molecule has 1 atom stereocenters. The summed E-state index contributed by atoms with van der Waals surface area (Å²) in [5.74, 6) is 0.659. The highest BCUT2D eigenvalue weighted by atomic mass is 19.4. The molecule has 0 saturated carbocycles. The van der Waals surface area contributed by atoms with Gasteiger partial charge in [0.05, 0.1) is 6.54 Å². The Kier molecular flexibility index (Phi) is 6.68. The fourth-order valence-corrected chi connectivity index (χ4v) is 4.28. The van der Waals surface area contributed by atoms with Crippen molar-refractivity contribution in [3.63, 3.8) is 0 Å². The van der Waals surface area contributed by atoms with Gasteiger partial charge in [0.15, 0.2) is 6.10 Å². The number of hydrogen-bond acceptors (Lipinski definition) is 8. The van der Waals surface area contributed by atoms with Crippen LogP contribution in [0.25, 0.3) is 0 Å². The average Bonchev–Trinajstić information content (AvgIpc) is 3.43. The lowest BCUT2D eigenvalue weighted by Crippen LogP contribution is -2.38. The van der Waals surface area contributed by atoms with Crippen molar-refractivity contribution >= 4 is 11.5 Å². The van der Waals surface area contributed by atoms with Gasteiger partial charge >= 0.3 is 18.2 Å². The van der Waals surface area contributed by atoms with Crippen LogP contribution in [0.4, 0.5) is 24.7 Å². The molecule has 2 aliphatic heterocycles. The van der Waals surface area contributed by atoms with Crippen LogP contribution < -0.4 is 23.8 Å². The summed E-state index contributed by atoms with van der Waals surface area (Å²) in [4.78, 5) is 16.3. The van der Waals surface area contributed by atoms with E-state index in [0.717, 1.165) is 31.6 Å². The topological polar surface area (TPSA) is 101 Å². The minimum Gasteiger partial charge on any atom is -0.490 e. The molecular formula is C24H23F3N4O6. The van der Waals surface area contributed by atoms with E-state index in [1.807, 2.05) is 24.3 Å². The molecule has 2 aliphatic rings. The zero-order valence-electron chi connectivity index (χ0n) is 19.5. The quantitative estimate of drug-likeness (QED) is 0.314. The smallest absolute Gasteiger partial charge is 0.490 e. The van der Waals surface area contributed by atoms with Crippen molar-refractivity contribution in [1.29, 1.82) is 0 Å². The van der Waals surface area contributed by atoms with E-state index in [1.54, 1.807) is 4.57 Å². The summed E-state index contributed by atoms with van der Waals surface area (Å²) >= 11 is 0. The molecule has 0 spiro atoms. The Morgan fingerprint density at radius 2 is 1.68 bits per heavy atom. The Hall–Kier alpha value is -4.16. The molecule has 1 fully saturated rings. The van der Waals surface area contributed by atoms with Gasteiger partial charge in [-0.05, 0) is 53.5 Å². The van der Waals surface area contributed by atoms with Gasteiger partial charge < -0.3 is 34.0 Å². The molecular weight excluding hydrogens is 497 g/mol. The van der Waals surface area contributed by atoms with E-state index in [4.69, 9.17) is 14.2 Å². The standard InChI is InChI=1S/C24H23F3N4O6/c25-24(26,27)37-20-7-5-18(6-8-20)35-19-9-11-29(12-10-19)16-1-3-17(4-2-16)34-15-21-13-30-14-22(31(32)33)28-23(30)36-21/h1-8,14,19,21H,9-13,15H2/t21-/m0/s1. The monoisotopic (exact) mass is 520 g/mol. The fraction of sp³-hybridized carbons (Fsp3) is 0.375. The molecule has 0 aliphatic carbocycles. The second-order valence-electron chi connectivity index (χ2n) is 8.66. The van der Waals surface area contributed by atoms with Gasteiger partial charge in [-0.1, -0.05) is 0 Å². The van der Waals surface area contributed by atoms with Crippen LogP contribution >= 0.6 is 0 Å². The highest BCUT2D eigenvalue weighted by molar-refractivity contribution is 5.49. The molecule has 196 valence electrons. The number of halogens is 3. The summed E-state index contributed by atoms with van der Waals surface area (Å²) in [7, 11) is 0. The van der Waals surface area contributed by atoms with Crippen LogP contribution in [0.1, 0.15) is 12.8 Å². The van der Waals surface area contributed by atoms with E-state index in [2.05, 4.69) is 14.6 Å². The summed E-state index contributed by atoms with van der Waals surface area (Å²) < 4.78 is 59.7. The highest BCUT2D eigenvalue weighted by Gasteiger charge is 2.32. The summed E-state index contributed by atoms with van der Waals surface area (Å²) in [5, 5.41) is 10.8. The van der Waals surface area contributed by atoms with Crippen LogP contribution in [0.5, 0.6) is 23.3 Å². The Morgan fingerprint density at radius 1 is 1.03 bits per heavy atom. The molecule has 0 N–H and O–H groups in total. The third kappa shape index (κ3) is 6.16. The maximum atomic E-state index is 12.3. The molecule has 2 aromatic carbocycles. The molecule has 1 saturated heterocycles. The molecule has 10 nitrogen and oxygen atoms in total. The minimum atomic E-state index is -4.72. The van der Waals surface area contributed by atoms with Crippen molar-refractivity contribution in [2.45, 2.75) is 38.0 Å². The predicted molar refractivity (Wildman–Crippen MR) is 124 cm³/mol. The number of anilines is 1.